The molecule has 102 valence electrons. The number of aliphatic hydroxyl groups is 1. The van der Waals surface area contributed by atoms with Crippen LogP contribution in [0.2, 0.25) is 0 Å². The fourth-order valence-corrected chi connectivity index (χ4v) is 2.52. The quantitative estimate of drug-likeness (QED) is 0.721. The Bertz CT molecular complexity index is 200. The molecule has 0 heterocycles. The maximum Gasteiger partial charge on any atom is 0.0771 e. The van der Waals surface area contributed by atoms with Gasteiger partial charge in [-0.05, 0) is 45.4 Å². The molecule has 0 saturated heterocycles. The van der Waals surface area contributed by atoms with E-state index in [0.717, 1.165) is 32.0 Å². The molecule has 3 nitrogen and oxygen atoms in total. The molecule has 17 heavy (non-hydrogen) atoms. The summed E-state index contributed by atoms with van der Waals surface area (Å²) in [5.74, 6) is 0.830. The van der Waals surface area contributed by atoms with Crippen LogP contribution in [0.5, 0.6) is 0 Å². The average molecular weight is 243 g/mol. The van der Waals surface area contributed by atoms with Gasteiger partial charge in [0.2, 0.25) is 0 Å². The highest BCUT2D eigenvalue weighted by Gasteiger charge is 2.32. The van der Waals surface area contributed by atoms with E-state index in [1.54, 1.807) is 0 Å². The van der Waals surface area contributed by atoms with E-state index in [4.69, 9.17) is 4.74 Å². The molecule has 0 aromatic rings. The van der Waals surface area contributed by atoms with Gasteiger partial charge in [-0.25, -0.2) is 0 Å². The molecule has 1 fully saturated rings. The number of hydrogen-bond donors (Lipinski definition) is 2. The van der Waals surface area contributed by atoms with Crippen molar-refractivity contribution < 1.29 is 9.84 Å². The second-order valence-corrected chi connectivity index (χ2v) is 5.52. The molecule has 1 aliphatic carbocycles. The van der Waals surface area contributed by atoms with Crippen LogP contribution in [-0.2, 0) is 4.74 Å². The van der Waals surface area contributed by atoms with Crippen molar-refractivity contribution in [1.82, 2.24) is 5.32 Å². The normalized spacial score (nSPS) is 31.4. The summed E-state index contributed by atoms with van der Waals surface area (Å²) in [6.45, 7) is 8.55. The van der Waals surface area contributed by atoms with Gasteiger partial charge in [0.15, 0.2) is 0 Å². The van der Waals surface area contributed by atoms with E-state index in [2.05, 4.69) is 19.2 Å². The molecule has 0 aromatic heterocycles. The fraction of sp³-hybridized carbons (Fsp3) is 1.00. The fourth-order valence-electron chi connectivity index (χ4n) is 2.52. The van der Waals surface area contributed by atoms with Gasteiger partial charge in [-0.3, -0.25) is 0 Å². The summed E-state index contributed by atoms with van der Waals surface area (Å²) < 4.78 is 5.36. The SMILES string of the molecule is CCOCC(C)NCC1(O)CCC(CC)CC1. The van der Waals surface area contributed by atoms with Crippen LogP contribution in [0.4, 0.5) is 0 Å². The summed E-state index contributed by atoms with van der Waals surface area (Å²) in [4.78, 5) is 0. The van der Waals surface area contributed by atoms with E-state index >= 15 is 0 Å². The minimum Gasteiger partial charge on any atom is -0.389 e. The van der Waals surface area contributed by atoms with E-state index in [1.165, 1.54) is 19.3 Å². The zero-order valence-corrected chi connectivity index (χ0v) is 11.7. The minimum atomic E-state index is -0.480. The van der Waals surface area contributed by atoms with Gasteiger partial charge in [-0.1, -0.05) is 13.3 Å². The predicted octanol–water partition coefficient (Wildman–Crippen LogP) is 2.33. The standard InChI is InChI=1S/C14H29NO2/c1-4-13-6-8-14(16,9-7-13)11-15-12(3)10-17-5-2/h12-13,15-16H,4-11H2,1-3H3. The van der Waals surface area contributed by atoms with Crippen molar-refractivity contribution in [3.05, 3.63) is 0 Å². The zero-order valence-electron chi connectivity index (χ0n) is 11.7. The van der Waals surface area contributed by atoms with Crippen LogP contribution in [-0.4, -0.2) is 36.5 Å². The van der Waals surface area contributed by atoms with Gasteiger partial charge in [0, 0.05) is 19.2 Å². The summed E-state index contributed by atoms with van der Waals surface area (Å²) >= 11 is 0. The molecule has 0 radical (unpaired) electrons. The van der Waals surface area contributed by atoms with Crippen molar-refractivity contribution in [1.29, 1.82) is 0 Å². The molecule has 1 rings (SSSR count). The third kappa shape index (κ3) is 5.36. The number of hydrogen-bond acceptors (Lipinski definition) is 3. The molecule has 2 N–H and O–H groups in total. The van der Waals surface area contributed by atoms with E-state index in [1.807, 2.05) is 6.92 Å². The molecular weight excluding hydrogens is 214 g/mol. The molecule has 0 amide bonds. The highest BCUT2D eigenvalue weighted by atomic mass is 16.5. The van der Waals surface area contributed by atoms with E-state index in [-0.39, 0.29) is 0 Å². The Kier molecular flexibility index (Phi) is 6.45. The monoisotopic (exact) mass is 243 g/mol. The Morgan fingerprint density at radius 1 is 1.35 bits per heavy atom. The van der Waals surface area contributed by atoms with Crippen LogP contribution >= 0.6 is 0 Å². The third-order valence-electron chi connectivity index (χ3n) is 3.96. The Balaban J connectivity index is 2.21. The Hall–Kier alpha value is -0.120. The lowest BCUT2D eigenvalue weighted by atomic mass is 9.78. The maximum absolute atomic E-state index is 10.5. The average Bonchev–Trinajstić information content (AvgIpc) is 2.35. The first-order valence-corrected chi connectivity index (χ1v) is 7.13. The Morgan fingerprint density at radius 2 is 2.00 bits per heavy atom. The van der Waals surface area contributed by atoms with Gasteiger partial charge in [0.1, 0.15) is 0 Å². The van der Waals surface area contributed by atoms with Gasteiger partial charge in [-0.15, -0.1) is 0 Å². The van der Waals surface area contributed by atoms with Gasteiger partial charge in [-0.2, -0.15) is 0 Å². The van der Waals surface area contributed by atoms with Gasteiger partial charge < -0.3 is 15.2 Å². The molecule has 0 aliphatic heterocycles. The van der Waals surface area contributed by atoms with Crippen LogP contribution in [0.3, 0.4) is 0 Å². The molecular formula is C14H29NO2. The van der Waals surface area contributed by atoms with Gasteiger partial charge in [0.05, 0.1) is 12.2 Å². The molecule has 3 heteroatoms. The maximum atomic E-state index is 10.5. The molecule has 1 saturated carbocycles. The van der Waals surface area contributed by atoms with E-state index in [9.17, 15) is 5.11 Å². The number of nitrogens with one attached hydrogen (secondary N) is 1. The van der Waals surface area contributed by atoms with Crippen LogP contribution in [0.15, 0.2) is 0 Å². The van der Waals surface area contributed by atoms with Crippen molar-refractivity contribution in [3.8, 4) is 0 Å². The lowest BCUT2D eigenvalue weighted by Crippen LogP contribution is -2.47. The second kappa shape index (κ2) is 7.34. The predicted molar refractivity (Wildman–Crippen MR) is 71.2 cm³/mol. The largest absolute Gasteiger partial charge is 0.389 e. The van der Waals surface area contributed by atoms with Gasteiger partial charge >= 0.3 is 0 Å². The summed E-state index contributed by atoms with van der Waals surface area (Å²) in [7, 11) is 0. The van der Waals surface area contributed by atoms with E-state index in [0.29, 0.717) is 12.6 Å². The summed E-state index contributed by atoms with van der Waals surface area (Å²) in [5.41, 5.74) is -0.480. The van der Waals surface area contributed by atoms with Gasteiger partial charge in [0.25, 0.3) is 0 Å². The number of rotatable bonds is 7. The first kappa shape index (κ1) is 14.9. The molecule has 0 bridgehead atoms. The Morgan fingerprint density at radius 3 is 2.53 bits per heavy atom. The first-order chi connectivity index (χ1) is 8.09. The summed E-state index contributed by atoms with van der Waals surface area (Å²) in [5, 5.41) is 13.8. The van der Waals surface area contributed by atoms with E-state index < -0.39 is 5.60 Å². The minimum absolute atomic E-state index is 0.322. The lowest BCUT2D eigenvalue weighted by Gasteiger charge is -2.36. The van der Waals surface area contributed by atoms with Crippen molar-refractivity contribution in [2.45, 2.75) is 64.5 Å². The topological polar surface area (TPSA) is 41.5 Å². The van der Waals surface area contributed by atoms with Crippen molar-refractivity contribution in [3.63, 3.8) is 0 Å². The van der Waals surface area contributed by atoms with Crippen molar-refractivity contribution >= 4 is 0 Å². The zero-order chi connectivity index (χ0) is 12.7. The lowest BCUT2D eigenvalue weighted by molar-refractivity contribution is -0.0126. The van der Waals surface area contributed by atoms with Crippen molar-refractivity contribution in [2.75, 3.05) is 19.8 Å². The molecule has 1 unspecified atom stereocenters. The van der Waals surface area contributed by atoms with Crippen LogP contribution in [0, 0.1) is 5.92 Å². The van der Waals surface area contributed by atoms with Crippen LogP contribution in [0.1, 0.15) is 52.9 Å². The third-order valence-corrected chi connectivity index (χ3v) is 3.96. The smallest absolute Gasteiger partial charge is 0.0771 e. The Labute approximate surface area is 106 Å². The van der Waals surface area contributed by atoms with Crippen molar-refractivity contribution in [2.24, 2.45) is 5.92 Å². The van der Waals surface area contributed by atoms with Crippen LogP contribution < -0.4 is 5.32 Å². The molecule has 1 aliphatic rings. The second-order valence-electron chi connectivity index (χ2n) is 5.52. The highest BCUT2D eigenvalue weighted by Crippen LogP contribution is 2.33. The number of ether oxygens (including phenoxy) is 1. The molecule has 1 atom stereocenters. The highest BCUT2D eigenvalue weighted by molar-refractivity contribution is 4.87. The molecule has 0 spiro atoms. The first-order valence-electron chi connectivity index (χ1n) is 7.13. The summed E-state index contributed by atoms with van der Waals surface area (Å²) in [6, 6.07) is 0.322. The summed E-state index contributed by atoms with van der Waals surface area (Å²) in [6.07, 6.45) is 5.49. The molecule has 0 aromatic carbocycles. The van der Waals surface area contributed by atoms with Crippen LogP contribution in [0.25, 0.3) is 0 Å².